The number of pyridine rings is 1. The second-order valence-corrected chi connectivity index (χ2v) is 2.73. The summed E-state index contributed by atoms with van der Waals surface area (Å²) in [4.78, 5) is 4.06. The number of rotatable bonds is 1. The van der Waals surface area contributed by atoms with Gasteiger partial charge in [0.25, 0.3) is 0 Å². The van der Waals surface area contributed by atoms with Gasteiger partial charge in [0.1, 0.15) is 5.15 Å². The van der Waals surface area contributed by atoms with Crippen LogP contribution in [0.1, 0.15) is 11.3 Å². The van der Waals surface area contributed by atoms with Crippen LogP contribution < -0.4 is 0 Å². The van der Waals surface area contributed by atoms with Gasteiger partial charge in [0, 0.05) is 11.4 Å². The Morgan fingerprint density at radius 1 is 1.60 bits per heavy atom. The molecule has 1 heterocycles. The zero-order chi connectivity index (χ0) is 7.56. The summed E-state index contributed by atoms with van der Waals surface area (Å²) < 4.78 is 0. The van der Waals surface area contributed by atoms with Gasteiger partial charge in [-0.2, -0.15) is 12.6 Å². The van der Waals surface area contributed by atoms with Crippen LogP contribution in [0.4, 0.5) is 0 Å². The molecule has 0 atom stereocenters. The molecule has 1 aromatic rings. The third kappa shape index (κ3) is 1.64. The van der Waals surface area contributed by atoms with Crippen LogP contribution >= 0.6 is 24.2 Å². The minimum atomic E-state index is 0.565. The summed E-state index contributed by atoms with van der Waals surface area (Å²) in [6.45, 7) is 1.91. The number of aromatic nitrogens is 1. The zero-order valence-corrected chi connectivity index (χ0v) is 7.28. The van der Waals surface area contributed by atoms with Crippen molar-refractivity contribution in [1.29, 1.82) is 0 Å². The van der Waals surface area contributed by atoms with Gasteiger partial charge in [-0.15, -0.1) is 0 Å². The Kier molecular flexibility index (Phi) is 2.57. The Morgan fingerprint density at radius 2 is 2.30 bits per heavy atom. The van der Waals surface area contributed by atoms with Crippen LogP contribution in [0.2, 0.25) is 5.15 Å². The first kappa shape index (κ1) is 7.89. The van der Waals surface area contributed by atoms with E-state index in [1.54, 1.807) is 0 Å². The summed E-state index contributed by atoms with van der Waals surface area (Å²) in [5, 5.41) is 0.565. The summed E-state index contributed by atoms with van der Waals surface area (Å²) in [6.07, 6.45) is 0. The Morgan fingerprint density at radius 3 is 2.80 bits per heavy atom. The van der Waals surface area contributed by atoms with E-state index in [0.717, 1.165) is 11.3 Å². The van der Waals surface area contributed by atoms with E-state index in [1.165, 1.54) is 0 Å². The predicted octanol–water partition coefficient (Wildman–Crippen LogP) is 2.47. The summed E-state index contributed by atoms with van der Waals surface area (Å²) in [7, 11) is 0. The van der Waals surface area contributed by atoms with Crippen LogP contribution in [0.5, 0.6) is 0 Å². The molecule has 0 saturated carbocycles. The molecule has 0 bridgehead atoms. The first-order valence-electron chi connectivity index (χ1n) is 2.97. The topological polar surface area (TPSA) is 12.9 Å². The molecule has 0 radical (unpaired) electrons. The van der Waals surface area contributed by atoms with Crippen molar-refractivity contribution in [2.24, 2.45) is 0 Å². The largest absolute Gasteiger partial charge is 0.241 e. The fourth-order valence-corrected chi connectivity index (χ4v) is 1.28. The summed E-state index contributed by atoms with van der Waals surface area (Å²) >= 11 is 9.86. The van der Waals surface area contributed by atoms with Gasteiger partial charge in [-0.25, -0.2) is 4.98 Å². The highest BCUT2D eigenvalue weighted by atomic mass is 35.5. The molecule has 0 aliphatic carbocycles. The monoisotopic (exact) mass is 173 g/mol. The van der Waals surface area contributed by atoms with E-state index in [9.17, 15) is 0 Å². The van der Waals surface area contributed by atoms with Crippen LogP contribution in [0, 0.1) is 6.92 Å². The number of aryl methyl sites for hydroxylation is 1. The van der Waals surface area contributed by atoms with Crippen LogP contribution in [0.15, 0.2) is 12.1 Å². The number of nitrogens with zero attached hydrogens (tertiary/aromatic N) is 1. The Balaban J connectivity index is 3.07. The summed E-state index contributed by atoms with van der Waals surface area (Å²) in [6, 6.07) is 3.87. The van der Waals surface area contributed by atoms with Crippen molar-refractivity contribution in [3.8, 4) is 0 Å². The highest BCUT2D eigenvalue weighted by molar-refractivity contribution is 7.79. The zero-order valence-electron chi connectivity index (χ0n) is 5.63. The number of halogens is 1. The second-order valence-electron chi connectivity index (χ2n) is 2.06. The van der Waals surface area contributed by atoms with Crippen LogP contribution in [-0.4, -0.2) is 4.98 Å². The fourth-order valence-electron chi connectivity index (χ4n) is 0.672. The SMILES string of the molecule is Cc1ccc(CS)c(Cl)n1. The maximum atomic E-state index is 5.77. The summed E-state index contributed by atoms with van der Waals surface area (Å²) in [5.41, 5.74) is 1.92. The molecule has 0 spiro atoms. The molecule has 0 fully saturated rings. The Labute approximate surface area is 70.8 Å². The standard InChI is InChI=1S/C7H8ClNS/c1-5-2-3-6(4-10)7(8)9-5/h2-3,10H,4H2,1H3. The molecule has 3 heteroatoms. The van der Waals surface area contributed by atoms with Gasteiger partial charge in [-0.1, -0.05) is 17.7 Å². The van der Waals surface area contributed by atoms with E-state index in [-0.39, 0.29) is 0 Å². The number of hydrogen-bond acceptors (Lipinski definition) is 2. The van der Waals surface area contributed by atoms with Crippen LogP contribution in [-0.2, 0) is 5.75 Å². The lowest BCUT2D eigenvalue weighted by atomic mass is 10.3. The lowest BCUT2D eigenvalue weighted by Crippen LogP contribution is -1.86. The average Bonchev–Trinajstić information content (AvgIpc) is 1.88. The third-order valence-electron chi connectivity index (χ3n) is 1.24. The molecule has 1 rings (SSSR count). The normalized spacial score (nSPS) is 9.90. The van der Waals surface area contributed by atoms with Gasteiger partial charge in [0.2, 0.25) is 0 Å². The van der Waals surface area contributed by atoms with Crippen molar-refractivity contribution in [1.82, 2.24) is 4.98 Å². The molecule has 10 heavy (non-hydrogen) atoms. The number of thiol groups is 1. The lowest BCUT2D eigenvalue weighted by molar-refractivity contribution is 1.16. The van der Waals surface area contributed by atoms with E-state index in [4.69, 9.17) is 11.6 Å². The van der Waals surface area contributed by atoms with Gasteiger partial charge in [0.15, 0.2) is 0 Å². The van der Waals surface area contributed by atoms with Crippen molar-refractivity contribution in [3.05, 3.63) is 28.5 Å². The van der Waals surface area contributed by atoms with Gasteiger partial charge >= 0.3 is 0 Å². The van der Waals surface area contributed by atoms with Crippen molar-refractivity contribution in [2.75, 3.05) is 0 Å². The fraction of sp³-hybridized carbons (Fsp3) is 0.286. The molecular formula is C7H8ClNS. The maximum Gasteiger partial charge on any atom is 0.133 e. The molecule has 0 amide bonds. The molecule has 0 saturated heterocycles. The minimum Gasteiger partial charge on any atom is -0.241 e. The van der Waals surface area contributed by atoms with Gasteiger partial charge in [-0.3, -0.25) is 0 Å². The molecule has 1 nitrogen and oxygen atoms in total. The quantitative estimate of drug-likeness (QED) is 0.509. The Bertz CT molecular complexity index is 237. The van der Waals surface area contributed by atoms with E-state index in [1.807, 2.05) is 19.1 Å². The van der Waals surface area contributed by atoms with Crippen molar-refractivity contribution in [3.63, 3.8) is 0 Å². The smallest absolute Gasteiger partial charge is 0.133 e. The lowest BCUT2D eigenvalue weighted by Gasteiger charge is -1.98. The van der Waals surface area contributed by atoms with Crippen molar-refractivity contribution >= 4 is 24.2 Å². The van der Waals surface area contributed by atoms with E-state index in [0.29, 0.717) is 10.9 Å². The molecule has 54 valence electrons. The molecule has 0 N–H and O–H groups in total. The highest BCUT2D eigenvalue weighted by Gasteiger charge is 1.97. The highest BCUT2D eigenvalue weighted by Crippen LogP contribution is 2.14. The third-order valence-corrected chi connectivity index (χ3v) is 1.90. The predicted molar refractivity (Wildman–Crippen MR) is 46.7 cm³/mol. The van der Waals surface area contributed by atoms with E-state index >= 15 is 0 Å². The van der Waals surface area contributed by atoms with Gasteiger partial charge < -0.3 is 0 Å². The van der Waals surface area contributed by atoms with Crippen molar-refractivity contribution < 1.29 is 0 Å². The Hall–Kier alpha value is -0.210. The van der Waals surface area contributed by atoms with Gasteiger partial charge in [0.05, 0.1) is 0 Å². The minimum absolute atomic E-state index is 0.565. The summed E-state index contributed by atoms with van der Waals surface area (Å²) in [5.74, 6) is 0.645. The molecule has 0 aliphatic heterocycles. The van der Waals surface area contributed by atoms with E-state index in [2.05, 4.69) is 17.6 Å². The molecule has 0 aliphatic rings. The molecular weight excluding hydrogens is 166 g/mol. The van der Waals surface area contributed by atoms with Crippen molar-refractivity contribution in [2.45, 2.75) is 12.7 Å². The number of hydrogen-bond donors (Lipinski definition) is 1. The molecule has 0 unspecified atom stereocenters. The van der Waals surface area contributed by atoms with Crippen LogP contribution in [0.3, 0.4) is 0 Å². The first-order valence-corrected chi connectivity index (χ1v) is 3.98. The van der Waals surface area contributed by atoms with E-state index < -0.39 is 0 Å². The second kappa shape index (κ2) is 3.26. The van der Waals surface area contributed by atoms with Crippen LogP contribution in [0.25, 0.3) is 0 Å². The molecule has 0 aromatic carbocycles. The first-order chi connectivity index (χ1) is 4.74. The van der Waals surface area contributed by atoms with Gasteiger partial charge in [-0.05, 0) is 18.6 Å². The maximum absolute atomic E-state index is 5.77. The average molecular weight is 174 g/mol. The molecule has 1 aromatic heterocycles.